The predicted octanol–water partition coefficient (Wildman–Crippen LogP) is -0.274. The maximum Gasteiger partial charge on any atom is 0.322 e. The first-order valence-corrected chi connectivity index (χ1v) is 4.93. The SMILES string of the molecule is Cc1ncc(Br)c(=O)n1CC(N)C(=O)O. The van der Waals surface area contributed by atoms with Crippen molar-refractivity contribution in [2.24, 2.45) is 5.73 Å². The molecule has 0 amide bonds. The number of aliphatic carboxylic acids is 1. The molecule has 1 aromatic rings. The van der Waals surface area contributed by atoms with E-state index in [0.717, 1.165) is 0 Å². The van der Waals surface area contributed by atoms with Crippen LogP contribution in [0.3, 0.4) is 0 Å². The average Bonchev–Trinajstić information content (AvgIpc) is 2.18. The smallest absolute Gasteiger partial charge is 0.322 e. The first-order chi connectivity index (χ1) is 6.93. The van der Waals surface area contributed by atoms with Crippen molar-refractivity contribution in [1.82, 2.24) is 9.55 Å². The third-order valence-electron chi connectivity index (χ3n) is 1.90. The summed E-state index contributed by atoms with van der Waals surface area (Å²) in [6.07, 6.45) is 1.38. The number of rotatable bonds is 3. The molecule has 82 valence electrons. The van der Waals surface area contributed by atoms with Crippen LogP contribution in [0.2, 0.25) is 0 Å². The van der Waals surface area contributed by atoms with Crippen LogP contribution >= 0.6 is 15.9 Å². The fourth-order valence-electron chi connectivity index (χ4n) is 1.04. The minimum atomic E-state index is -1.15. The molecular formula is C8H10BrN3O3. The molecule has 0 saturated carbocycles. The Balaban J connectivity index is 3.09. The Morgan fingerprint density at radius 2 is 2.40 bits per heavy atom. The van der Waals surface area contributed by atoms with Gasteiger partial charge in [-0.1, -0.05) is 0 Å². The van der Waals surface area contributed by atoms with Crippen molar-refractivity contribution in [2.45, 2.75) is 19.5 Å². The van der Waals surface area contributed by atoms with E-state index in [2.05, 4.69) is 20.9 Å². The highest BCUT2D eigenvalue weighted by Crippen LogP contribution is 2.01. The second-order valence-corrected chi connectivity index (χ2v) is 3.87. The molecule has 1 heterocycles. The molecule has 0 aliphatic carbocycles. The van der Waals surface area contributed by atoms with Crippen molar-refractivity contribution in [3.05, 3.63) is 26.8 Å². The first kappa shape index (κ1) is 11.9. The summed E-state index contributed by atoms with van der Waals surface area (Å²) in [7, 11) is 0. The van der Waals surface area contributed by atoms with E-state index in [-0.39, 0.29) is 16.6 Å². The molecule has 1 atom stereocenters. The molecule has 0 spiro atoms. The Morgan fingerprint density at radius 1 is 1.80 bits per heavy atom. The van der Waals surface area contributed by atoms with Crippen molar-refractivity contribution in [3.8, 4) is 0 Å². The monoisotopic (exact) mass is 275 g/mol. The molecule has 7 heteroatoms. The number of carboxylic acids is 1. The molecule has 0 saturated heterocycles. The fourth-order valence-corrected chi connectivity index (χ4v) is 1.36. The zero-order valence-corrected chi connectivity index (χ0v) is 9.56. The molecule has 1 aromatic heterocycles. The summed E-state index contributed by atoms with van der Waals surface area (Å²) in [6.45, 7) is 1.52. The van der Waals surface area contributed by atoms with Crippen LogP contribution in [-0.2, 0) is 11.3 Å². The summed E-state index contributed by atoms with van der Waals surface area (Å²) < 4.78 is 1.51. The van der Waals surface area contributed by atoms with Crippen LogP contribution in [0.5, 0.6) is 0 Å². The third-order valence-corrected chi connectivity index (χ3v) is 2.45. The summed E-state index contributed by atoms with van der Waals surface area (Å²) >= 11 is 3.02. The summed E-state index contributed by atoms with van der Waals surface area (Å²) in [5.41, 5.74) is 5.00. The fraction of sp³-hybridized carbons (Fsp3) is 0.375. The van der Waals surface area contributed by atoms with Crippen LogP contribution < -0.4 is 11.3 Å². The predicted molar refractivity (Wildman–Crippen MR) is 56.5 cm³/mol. The van der Waals surface area contributed by atoms with Crippen LogP contribution in [-0.4, -0.2) is 26.7 Å². The van der Waals surface area contributed by atoms with Crippen LogP contribution in [0.4, 0.5) is 0 Å². The second kappa shape index (κ2) is 4.54. The van der Waals surface area contributed by atoms with E-state index in [1.165, 1.54) is 10.8 Å². The van der Waals surface area contributed by atoms with Crippen molar-refractivity contribution in [1.29, 1.82) is 0 Å². The first-order valence-electron chi connectivity index (χ1n) is 4.14. The third kappa shape index (κ3) is 2.63. The van der Waals surface area contributed by atoms with Gasteiger partial charge < -0.3 is 10.8 Å². The van der Waals surface area contributed by atoms with Gasteiger partial charge in [-0.15, -0.1) is 0 Å². The van der Waals surface area contributed by atoms with E-state index < -0.39 is 12.0 Å². The lowest BCUT2D eigenvalue weighted by molar-refractivity contribution is -0.138. The molecule has 0 radical (unpaired) electrons. The highest BCUT2D eigenvalue weighted by atomic mass is 79.9. The lowest BCUT2D eigenvalue weighted by Gasteiger charge is -2.11. The van der Waals surface area contributed by atoms with Crippen molar-refractivity contribution in [3.63, 3.8) is 0 Å². The van der Waals surface area contributed by atoms with E-state index in [0.29, 0.717) is 5.82 Å². The number of nitrogens with zero attached hydrogens (tertiary/aromatic N) is 2. The molecule has 0 aliphatic rings. The Hall–Kier alpha value is -1.21. The minimum absolute atomic E-state index is 0.0908. The lowest BCUT2D eigenvalue weighted by Crippen LogP contribution is -2.39. The molecule has 1 rings (SSSR count). The van der Waals surface area contributed by atoms with Gasteiger partial charge in [-0.3, -0.25) is 14.2 Å². The van der Waals surface area contributed by atoms with Gasteiger partial charge in [0.1, 0.15) is 16.3 Å². The highest BCUT2D eigenvalue weighted by Gasteiger charge is 2.15. The van der Waals surface area contributed by atoms with Crippen LogP contribution in [0, 0.1) is 6.92 Å². The van der Waals surface area contributed by atoms with E-state index in [9.17, 15) is 9.59 Å². The molecular weight excluding hydrogens is 266 g/mol. The zero-order valence-electron chi connectivity index (χ0n) is 7.98. The second-order valence-electron chi connectivity index (χ2n) is 3.01. The van der Waals surface area contributed by atoms with Gasteiger partial charge in [0, 0.05) is 6.20 Å². The number of aryl methyl sites for hydroxylation is 1. The Morgan fingerprint density at radius 3 is 2.93 bits per heavy atom. The summed E-state index contributed by atoms with van der Waals surface area (Å²) in [5, 5.41) is 8.62. The van der Waals surface area contributed by atoms with Crippen LogP contribution in [0.15, 0.2) is 15.5 Å². The summed E-state index contributed by atoms with van der Waals surface area (Å²) in [6, 6.07) is -1.11. The number of halogens is 1. The molecule has 6 nitrogen and oxygen atoms in total. The summed E-state index contributed by atoms with van der Waals surface area (Å²) in [5.74, 6) is -0.721. The van der Waals surface area contributed by atoms with Gasteiger partial charge in [0.2, 0.25) is 0 Å². The zero-order chi connectivity index (χ0) is 11.6. The Bertz CT molecular complexity index is 443. The maximum atomic E-state index is 11.6. The van der Waals surface area contributed by atoms with E-state index in [1.54, 1.807) is 6.92 Å². The lowest BCUT2D eigenvalue weighted by atomic mass is 10.3. The molecule has 0 fully saturated rings. The Labute approximate surface area is 93.9 Å². The normalized spacial score (nSPS) is 12.5. The quantitative estimate of drug-likeness (QED) is 0.791. The number of nitrogens with two attached hydrogens (primary N) is 1. The van der Waals surface area contributed by atoms with Crippen LogP contribution in [0.25, 0.3) is 0 Å². The van der Waals surface area contributed by atoms with Gasteiger partial charge in [-0.05, 0) is 22.9 Å². The number of carbonyl (C=O) groups is 1. The topological polar surface area (TPSA) is 98.2 Å². The van der Waals surface area contributed by atoms with Gasteiger partial charge >= 0.3 is 5.97 Å². The average molecular weight is 276 g/mol. The van der Waals surface area contributed by atoms with E-state index in [4.69, 9.17) is 10.8 Å². The molecule has 0 aromatic carbocycles. The van der Waals surface area contributed by atoms with E-state index >= 15 is 0 Å². The molecule has 0 aliphatic heterocycles. The molecule has 1 unspecified atom stereocenters. The van der Waals surface area contributed by atoms with Gasteiger partial charge in [-0.25, -0.2) is 4.98 Å². The van der Waals surface area contributed by atoms with Gasteiger partial charge in [-0.2, -0.15) is 0 Å². The number of hydrogen-bond acceptors (Lipinski definition) is 4. The maximum absolute atomic E-state index is 11.6. The molecule has 3 N–H and O–H groups in total. The minimum Gasteiger partial charge on any atom is -0.480 e. The van der Waals surface area contributed by atoms with Gasteiger partial charge in [0.15, 0.2) is 0 Å². The van der Waals surface area contributed by atoms with Crippen molar-refractivity contribution >= 4 is 21.9 Å². The highest BCUT2D eigenvalue weighted by molar-refractivity contribution is 9.10. The number of carboxylic acid groups (broad SMARTS) is 1. The Kier molecular flexibility index (Phi) is 3.59. The van der Waals surface area contributed by atoms with Crippen molar-refractivity contribution < 1.29 is 9.90 Å². The van der Waals surface area contributed by atoms with Crippen molar-refractivity contribution in [2.75, 3.05) is 0 Å². The van der Waals surface area contributed by atoms with E-state index in [1.807, 2.05) is 0 Å². The number of aromatic nitrogens is 2. The van der Waals surface area contributed by atoms with Gasteiger partial charge in [0.25, 0.3) is 5.56 Å². The molecule has 15 heavy (non-hydrogen) atoms. The van der Waals surface area contributed by atoms with Crippen LogP contribution in [0.1, 0.15) is 5.82 Å². The largest absolute Gasteiger partial charge is 0.480 e. The summed E-state index contributed by atoms with van der Waals surface area (Å²) in [4.78, 5) is 26.0. The standard InChI is InChI=1S/C8H10BrN3O3/c1-4-11-2-5(9)7(13)12(4)3-6(10)8(14)15/h2,6H,3,10H2,1H3,(H,14,15). The molecule has 0 bridgehead atoms. The number of hydrogen-bond donors (Lipinski definition) is 2. The van der Waals surface area contributed by atoms with Gasteiger partial charge in [0.05, 0.1) is 6.54 Å².